The van der Waals surface area contributed by atoms with Gasteiger partial charge in [-0.05, 0) is 67.2 Å². The summed E-state index contributed by atoms with van der Waals surface area (Å²) in [6, 6.07) is 22.4. The van der Waals surface area contributed by atoms with Crippen molar-refractivity contribution in [1.82, 2.24) is 19.8 Å². The lowest BCUT2D eigenvalue weighted by atomic mass is 10.0. The van der Waals surface area contributed by atoms with Crippen LogP contribution in [0.5, 0.6) is 0 Å². The summed E-state index contributed by atoms with van der Waals surface area (Å²) in [6.45, 7) is 2.72. The minimum Gasteiger partial charge on any atom is -0.467 e. The lowest BCUT2D eigenvalue weighted by Crippen LogP contribution is -2.29. The summed E-state index contributed by atoms with van der Waals surface area (Å²) >= 11 is 5.76. The maximum atomic E-state index is 5.76. The molecule has 0 saturated carbocycles. The first-order chi connectivity index (χ1) is 14.7. The van der Waals surface area contributed by atoms with E-state index in [-0.39, 0.29) is 12.1 Å². The Balaban J connectivity index is 1.62. The first-order valence-corrected chi connectivity index (χ1v) is 10.4. The molecule has 2 atom stereocenters. The van der Waals surface area contributed by atoms with Crippen molar-refractivity contribution in [2.75, 3.05) is 0 Å². The van der Waals surface area contributed by atoms with E-state index in [1.54, 1.807) is 6.26 Å². The molecule has 0 bridgehead atoms. The maximum Gasteiger partial charge on any atom is 0.170 e. The van der Waals surface area contributed by atoms with Crippen LogP contribution in [0.25, 0.3) is 5.69 Å². The molecule has 4 heterocycles. The van der Waals surface area contributed by atoms with E-state index in [9.17, 15) is 0 Å². The van der Waals surface area contributed by atoms with Crippen molar-refractivity contribution in [3.05, 3.63) is 108 Å². The molecule has 6 heteroatoms. The summed E-state index contributed by atoms with van der Waals surface area (Å²) in [5.41, 5.74) is 4.49. The van der Waals surface area contributed by atoms with Gasteiger partial charge in [0.1, 0.15) is 5.76 Å². The Hall–Kier alpha value is -3.38. The van der Waals surface area contributed by atoms with Crippen LogP contribution in [0.4, 0.5) is 0 Å². The normalized spacial score (nSPS) is 18.6. The van der Waals surface area contributed by atoms with Gasteiger partial charge < -0.3 is 19.2 Å². The molecule has 0 unspecified atom stereocenters. The molecule has 0 amide bonds. The number of furan rings is 1. The highest BCUT2D eigenvalue weighted by Gasteiger charge is 2.41. The minimum atomic E-state index is -0.0636. The van der Waals surface area contributed by atoms with Crippen LogP contribution in [0.1, 0.15) is 34.8 Å². The SMILES string of the molecule is Cc1ccccc1-n1cccc1[C@@H]1[C@H](c2ccccn2)NC(=S)N1Cc1ccco1. The summed E-state index contributed by atoms with van der Waals surface area (Å²) in [5, 5.41) is 4.20. The lowest BCUT2D eigenvalue weighted by Gasteiger charge is -2.28. The third kappa shape index (κ3) is 3.29. The highest BCUT2D eigenvalue weighted by atomic mass is 32.1. The molecule has 1 fully saturated rings. The van der Waals surface area contributed by atoms with E-state index in [4.69, 9.17) is 16.6 Å². The van der Waals surface area contributed by atoms with Gasteiger partial charge >= 0.3 is 0 Å². The van der Waals surface area contributed by atoms with E-state index in [2.05, 4.69) is 69.3 Å². The van der Waals surface area contributed by atoms with Gasteiger partial charge in [0.25, 0.3) is 0 Å². The first-order valence-electron chi connectivity index (χ1n) is 9.96. The standard InChI is InChI=1S/C24H22N4OS/c1-17-8-2-3-11-20(17)27-14-6-12-21(27)23-22(19-10-4-5-13-25-19)26-24(30)28(23)16-18-9-7-15-29-18/h2-15,22-23H,16H2,1H3,(H,26,30)/t22-,23+/m0/s1. The Kier molecular flexibility index (Phi) is 4.85. The van der Waals surface area contributed by atoms with Gasteiger partial charge in [-0.15, -0.1) is 0 Å². The van der Waals surface area contributed by atoms with E-state index < -0.39 is 0 Å². The van der Waals surface area contributed by atoms with Crippen molar-refractivity contribution >= 4 is 17.3 Å². The smallest absolute Gasteiger partial charge is 0.170 e. The van der Waals surface area contributed by atoms with Gasteiger partial charge in [-0.3, -0.25) is 4.98 Å². The van der Waals surface area contributed by atoms with Gasteiger partial charge in [0.2, 0.25) is 0 Å². The van der Waals surface area contributed by atoms with Crippen LogP contribution in [0.3, 0.4) is 0 Å². The van der Waals surface area contributed by atoms with Gasteiger partial charge in [0, 0.05) is 23.8 Å². The summed E-state index contributed by atoms with van der Waals surface area (Å²) in [6.07, 6.45) is 5.63. The Morgan fingerprint density at radius 3 is 2.67 bits per heavy atom. The van der Waals surface area contributed by atoms with Crippen LogP contribution in [0.2, 0.25) is 0 Å². The lowest BCUT2D eigenvalue weighted by molar-refractivity contribution is 0.280. The zero-order valence-electron chi connectivity index (χ0n) is 16.6. The predicted octanol–water partition coefficient (Wildman–Crippen LogP) is 4.95. The largest absolute Gasteiger partial charge is 0.467 e. The monoisotopic (exact) mass is 414 g/mol. The van der Waals surface area contributed by atoms with Crippen LogP contribution in [0.15, 0.2) is 89.8 Å². The minimum absolute atomic E-state index is 0.0351. The summed E-state index contributed by atoms with van der Waals surface area (Å²) in [4.78, 5) is 6.82. The van der Waals surface area contributed by atoms with Gasteiger partial charge in [0.15, 0.2) is 5.11 Å². The molecule has 0 radical (unpaired) electrons. The highest BCUT2D eigenvalue weighted by molar-refractivity contribution is 7.80. The predicted molar refractivity (Wildman–Crippen MR) is 120 cm³/mol. The molecular formula is C24H22N4OS. The Labute approximate surface area is 181 Å². The zero-order chi connectivity index (χ0) is 20.5. The van der Waals surface area contributed by atoms with Crippen molar-refractivity contribution in [3.63, 3.8) is 0 Å². The van der Waals surface area contributed by atoms with E-state index in [1.165, 1.54) is 5.56 Å². The molecule has 1 aliphatic rings. The van der Waals surface area contributed by atoms with Crippen molar-refractivity contribution in [2.45, 2.75) is 25.6 Å². The second-order valence-corrected chi connectivity index (χ2v) is 7.81. The van der Waals surface area contributed by atoms with Gasteiger partial charge in [-0.2, -0.15) is 0 Å². The second kappa shape index (κ2) is 7.80. The number of nitrogens with zero attached hydrogens (tertiary/aromatic N) is 3. The van der Waals surface area contributed by atoms with Crippen LogP contribution >= 0.6 is 12.2 Å². The number of hydrogen-bond acceptors (Lipinski definition) is 3. The Morgan fingerprint density at radius 1 is 1.03 bits per heavy atom. The van der Waals surface area contributed by atoms with E-state index in [0.29, 0.717) is 11.7 Å². The topological polar surface area (TPSA) is 46.2 Å². The number of aryl methyl sites for hydroxylation is 1. The average molecular weight is 415 g/mol. The molecule has 4 aromatic rings. The Bertz CT molecular complexity index is 1150. The first kappa shape index (κ1) is 18.6. The number of aromatic nitrogens is 2. The summed E-state index contributed by atoms with van der Waals surface area (Å²) in [7, 11) is 0. The molecule has 1 aliphatic heterocycles. The molecule has 5 nitrogen and oxygen atoms in total. The van der Waals surface area contributed by atoms with Crippen molar-refractivity contribution in [3.8, 4) is 5.69 Å². The van der Waals surface area contributed by atoms with Gasteiger partial charge in [-0.25, -0.2) is 0 Å². The van der Waals surface area contributed by atoms with Crippen molar-refractivity contribution < 1.29 is 4.42 Å². The molecule has 1 aromatic carbocycles. The van der Waals surface area contributed by atoms with E-state index in [0.717, 1.165) is 22.8 Å². The van der Waals surface area contributed by atoms with Gasteiger partial charge in [0.05, 0.1) is 30.6 Å². The fourth-order valence-corrected chi connectivity index (χ4v) is 4.46. The molecule has 1 N–H and O–H groups in total. The average Bonchev–Trinajstić information content (AvgIpc) is 3.51. The van der Waals surface area contributed by atoms with Crippen LogP contribution in [0, 0.1) is 6.92 Å². The quantitative estimate of drug-likeness (QED) is 0.469. The molecule has 0 aliphatic carbocycles. The Morgan fingerprint density at radius 2 is 1.90 bits per heavy atom. The second-order valence-electron chi connectivity index (χ2n) is 7.42. The van der Waals surface area contributed by atoms with E-state index >= 15 is 0 Å². The number of pyridine rings is 1. The van der Waals surface area contributed by atoms with E-state index in [1.807, 2.05) is 36.5 Å². The van der Waals surface area contributed by atoms with Crippen LogP contribution in [-0.4, -0.2) is 19.6 Å². The fraction of sp³-hybridized carbons (Fsp3) is 0.167. The zero-order valence-corrected chi connectivity index (χ0v) is 17.4. The van der Waals surface area contributed by atoms with Crippen LogP contribution < -0.4 is 5.32 Å². The molecule has 0 spiro atoms. The van der Waals surface area contributed by atoms with Crippen molar-refractivity contribution in [2.24, 2.45) is 0 Å². The molecule has 30 heavy (non-hydrogen) atoms. The van der Waals surface area contributed by atoms with Gasteiger partial charge in [-0.1, -0.05) is 24.3 Å². The number of benzene rings is 1. The number of para-hydroxylation sites is 1. The summed E-state index contributed by atoms with van der Waals surface area (Å²) in [5.74, 6) is 0.875. The number of thiocarbonyl (C=S) groups is 1. The van der Waals surface area contributed by atoms with Crippen LogP contribution in [-0.2, 0) is 6.54 Å². The number of hydrogen-bond donors (Lipinski definition) is 1. The number of nitrogens with one attached hydrogen (secondary N) is 1. The third-order valence-electron chi connectivity index (χ3n) is 5.56. The highest BCUT2D eigenvalue weighted by Crippen LogP contribution is 2.40. The third-order valence-corrected chi connectivity index (χ3v) is 5.91. The summed E-state index contributed by atoms with van der Waals surface area (Å²) < 4.78 is 7.88. The molecule has 150 valence electrons. The molecular weight excluding hydrogens is 392 g/mol. The number of rotatable bonds is 5. The maximum absolute atomic E-state index is 5.76. The van der Waals surface area contributed by atoms with Crippen molar-refractivity contribution in [1.29, 1.82) is 0 Å². The molecule has 3 aromatic heterocycles. The fourth-order valence-electron chi connectivity index (χ4n) is 4.16. The molecule has 5 rings (SSSR count). The molecule has 1 saturated heterocycles.